The van der Waals surface area contributed by atoms with Crippen LogP contribution in [0.2, 0.25) is 0 Å². The number of ether oxygens (including phenoxy) is 4. The summed E-state index contributed by atoms with van der Waals surface area (Å²) in [6.45, 7) is 3.80. The summed E-state index contributed by atoms with van der Waals surface area (Å²) in [6, 6.07) is 13.9. The van der Waals surface area contributed by atoms with Gasteiger partial charge >= 0.3 is 0 Å². The van der Waals surface area contributed by atoms with Crippen molar-refractivity contribution in [1.29, 1.82) is 0 Å². The summed E-state index contributed by atoms with van der Waals surface area (Å²) in [6.07, 6.45) is 0. The third kappa shape index (κ3) is 6.10. The van der Waals surface area contributed by atoms with Gasteiger partial charge in [0.2, 0.25) is 11.2 Å². The molecular formula is C24H27NO8. The third-order valence-corrected chi connectivity index (χ3v) is 4.99. The van der Waals surface area contributed by atoms with Gasteiger partial charge in [-0.3, -0.25) is 9.63 Å². The van der Waals surface area contributed by atoms with Crippen LogP contribution in [-0.4, -0.2) is 64.7 Å². The van der Waals surface area contributed by atoms with Crippen molar-refractivity contribution in [3.63, 3.8) is 0 Å². The minimum atomic E-state index is -0.467. The van der Waals surface area contributed by atoms with Crippen LogP contribution in [0.4, 0.5) is 5.69 Å². The molecule has 0 radical (unpaired) electrons. The second-order valence-corrected chi connectivity index (χ2v) is 7.24. The lowest BCUT2D eigenvalue weighted by atomic mass is 10.1. The number of hydroxylamine groups is 1. The van der Waals surface area contributed by atoms with Crippen LogP contribution < -0.4 is 10.5 Å². The summed E-state index contributed by atoms with van der Waals surface area (Å²) in [7, 11) is 0. The zero-order chi connectivity index (χ0) is 22.9. The largest absolute Gasteiger partial charge is 0.502 e. The molecule has 0 spiro atoms. The van der Waals surface area contributed by atoms with Crippen LogP contribution in [0.15, 0.2) is 57.7 Å². The zero-order valence-electron chi connectivity index (χ0n) is 18.2. The lowest BCUT2D eigenvalue weighted by Gasteiger charge is -2.24. The van der Waals surface area contributed by atoms with Gasteiger partial charge in [0.05, 0.1) is 63.9 Å². The Morgan fingerprint density at radius 3 is 2.03 bits per heavy atom. The predicted octanol–water partition coefficient (Wildman–Crippen LogP) is 2.94. The first kappa shape index (κ1) is 23.2. The highest BCUT2D eigenvalue weighted by Crippen LogP contribution is 2.31. The van der Waals surface area contributed by atoms with Crippen molar-refractivity contribution in [2.45, 2.75) is 0 Å². The molecule has 0 aliphatic carbocycles. The quantitative estimate of drug-likeness (QED) is 0.623. The summed E-state index contributed by atoms with van der Waals surface area (Å²) in [5.41, 5.74) is 1.24. The standard InChI is InChI=1S/C24H27NO8/c26-22-20-3-1-2-4-21(20)33-24(23(22)27)18-5-7-19(8-6-18)25-17-31-14-13-29-10-9-28-11-12-30-15-16-32-25/h1-8,27H,9-17H2. The van der Waals surface area contributed by atoms with Gasteiger partial charge in [0.25, 0.3) is 0 Å². The minimum absolute atomic E-state index is 0.118. The van der Waals surface area contributed by atoms with Gasteiger partial charge in [0, 0.05) is 5.56 Å². The predicted molar refractivity (Wildman–Crippen MR) is 121 cm³/mol. The Labute approximate surface area is 190 Å². The fraction of sp³-hybridized carbons (Fsp3) is 0.375. The van der Waals surface area contributed by atoms with E-state index in [4.69, 9.17) is 28.2 Å². The maximum Gasteiger partial charge on any atom is 0.235 e. The van der Waals surface area contributed by atoms with Crippen molar-refractivity contribution in [1.82, 2.24) is 0 Å². The van der Waals surface area contributed by atoms with Gasteiger partial charge in [-0.1, -0.05) is 12.1 Å². The molecule has 2 heterocycles. The fourth-order valence-corrected chi connectivity index (χ4v) is 3.31. The number of aromatic hydroxyl groups is 1. The van der Waals surface area contributed by atoms with Crippen molar-refractivity contribution >= 4 is 16.7 Å². The average molecular weight is 457 g/mol. The van der Waals surface area contributed by atoms with E-state index in [1.54, 1.807) is 53.6 Å². The molecule has 1 fully saturated rings. The van der Waals surface area contributed by atoms with E-state index < -0.39 is 11.2 Å². The first-order valence-electron chi connectivity index (χ1n) is 10.8. The molecule has 2 aromatic carbocycles. The number of para-hydroxylation sites is 1. The topological polar surface area (TPSA) is 99.8 Å². The average Bonchev–Trinajstić information content (AvgIpc) is 2.86. The van der Waals surface area contributed by atoms with Crippen LogP contribution in [0.25, 0.3) is 22.3 Å². The first-order chi connectivity index (χ1) is 16.2. The number of hydrogen-bond donors (Lipinski definition) is 1. The lowest BCUT2D eigenvalue weighted by molar-refractivity contribution is -0.0155. The van der Waals surface area contributed by atoms with Crippen molar-refractivity contribution in [2.24, 2.45) is 0 Å². The highest BCUT2D eigenvalue weighted by atomic mass is 16.7. The van der Waals surface area contributed by atoms with E-state index in [2.05, 4.69) is 0 Å². The minimum Gasteiger partial charge on any atom is -0.502 e. The molecule has 33 heavy (non-hydrogen) atoms. The van der Waals surface area contributed by atoms with E-state index in [0.717, 1.165) is 5.69 Å². The summed E-state index contributed by atoms with van der Waals surface area (Å²) in [5.74, 6) is -0.302. The van der Waals surface area contributed by atoms with Crippen LogP contribution in [0, 0.1) is 0 Å². The summed E-state index contributed by atoms with van der Waals surface area (Å²) < 4.78 is 27.8. The number of anilines is 1. The van der Waals surface area contributed by atoms with Gasteiger partial charge in [-0.25, -0.2) is 5.06 Å². The number of nitrogens with zero attached hydrogens (tertiary/aromatic N) is 1. The van der Waals surface area contributed by atoms with Crippen LogP contribution in [-0.2, 0) is 23.8 Å². The molecule has 0 bridgehead atoms. The Hall–Kier alpha value is -2.95. The van der Waals surface area contributed by atoms with Crippen molar-refractivity contribution in [3.8, 4) is 17.1 Å². The Bertz CT molecular complexity index is 1070. The third-order valence-electron chi connectivity index (χ3n) is 4.99. The Morgan fingerprint density at radius 1 is 0.727 bits per heavy atom. The van der Waals surface area contributed by atoms with E-state index in [0.29, 0.717) is 69.4 Å². The van der Waals surface area contributed by atoms with Gasteiger partial charge < -0.3 is 28.5 Å². The van der Waals surface area contributed by atoms with E-state index in [-0.39, 0.29) is 12.5 Å². The maximum atomic E-state index is 12.5. The molecule has 0 amide bonds. The molecule has 1 N–H and O–H groups in total. The fourth-order valence-electron chi connectivity index (χ4n) is 3.31. The smallest absolute Gasteiger partial charge is 0.235 e. The summed E-state index contributed by atoms with van der Waals surface area (Å²) in [5, 5.41) is 12.4. The number of benzene rings is 2. The Kier molecular flexibility index (Phi) is 8.29. The molecule has 1 aliphatic heterocycles. The molecule has 4 rings (SSSR count). The molecule has 0 unspecified atom stereocenters. The Morgan fingerprint density at radius 2 is 1.33 bits per heavy atom. The van der Waals surface area contributed by atoms with E-state index >= 15 is 0 Å². The van der Waals surface area contributed by atoms with Crippen LogP contribution in [0.1, 0.15) is 0 Å². The van der Waals surface area contributed by atoms with Gasteiger partial charge in [0.15, 0.2) is 5.76 Å². The molecule has 0 saturated carbocycles. The summed E-state index contributed by atoms with van der Waals surface area (Å²) in [4.78, 5) is 18.3. The number of fused-ring (bicyclic) bond motifs is 1. The lowest BCUT2D eigenvalue weighted by Crippen LogP contribution is -2.29. The second kappa shape index (κ2) is 11.8. The highest BCUT2D eigenvalue weighted by molar-refractivity contribution is 5.81. The van der Waals surface area contributed by atoms with E-state index in [1.807, 2.05) is 0 Å². The zero-order valence-corrected chi connectivity index (χ0v) is 18.2. The number of hydrogen-bond acceptors (Lipinski definition) is 9. The normalized spacial score (nSPS) is 17.4. The van der Waals surface area contributed by atoms with Gasteiger partial charge in [-0.05, 0) is 36.4 Å². The molecule has 1 aliphatic rings. The maximum absolute atomic E-state index is 12.5. The molecule has 0 atom stereocenters. The van der Waals surface area contributed by atoms with Crippen molar-refractivity contribution < 1.29 is 33.3 Å². The SMILES string of the molecule is O=c1c(O)c(-c2ccc(N3COCCOCCOCCOCCO3)cc2)oc2ccccc12. The summed E-state index contributed by atoms with van der Waals surface area (Å²) >= 11 is 0. The van der Waals surface area contributed by atoms with Crippen LogP contribution in [0.3, 0.4) is 0 Å². The van der Waals surface area contributed by atoms with Gasteiger partial charge in [-0.15, -0.1) is 0 Å². The molecular weight excluding hydrogens is 430 g/mol. The van der Waals surface area contributed by atoms with E-state index in [9.17, 15) is 9.90 Å². The first-order valence-corrected chi connectivity index (χ1v) is 10.8. The molecule has 9 heteroatoms. The molecule has 1 aromatic heterocycles. The molecule has 3 aromatic rings. The molecule has 9 nitrogen and oxygen atoms in total. The van der Waals surface area contributed by atoms with Gasteiger partial charge in [-0.2, -0.15) is 0 Å². The van der Waals surface area contributed by atoms with Gasteiger partial charge in [0.1, 0.15) is 12.3 Å². The van der Waals surface area contributed by atoms with Crippen molar-refractivity contribution in [3.05, 3.63) is 58.8 Å². The van der Waals surface area contributed by atoms with Crippen LogP contribution in [0.5, 0.6) is 5.75 Å². The van der Waals surface area contributed by atoms with Crippen LogP contribution >= 0.6 is 0 Å². The monoisotopic (exact) mass is 457 g/mol. The number of rotatable bonds is 2. The van der Waals surface area contributed by atoms with E-state index in [1.165, 1.54) is 0 Å². The molecule has 1 saturated heterocycles. The van der Waals surface area contributed by atoms with Crippen molar-refractivity contribution in [2.75, 3.05) is 64.6 Å². The molecule has 176 valence electrons. The second-order valence-electron chi connectivity index (χ2n) is 7.24. The highest BCUT2D eigenvalue weighted by Gasteiger charge is 2.16. The Balaban J connectivity index is 1.50.